The Kier molecular flexibility index (Phi) is 3.12. The quantitative estimate of drug-likeness (QED) is 0.755. The minimum atomic E-state index is -0.401. The summed E-state index contributed by atoms with van der Waals surface area (Å²) in [5, 5.41) is 13.2. The molecule has 0 unspecified atom stereocenters. The maximum atomic E-state index is 12.0. The lowest BCUT2D eigenvalue weighted by Crippen LogP contribution is -2.58. The maximum Gasteiger partial charge on any atom is 0.217 e. The van der Waals surface area contributed by atoms with E-state index in [1.165, 1.54) is 0 Å². The summed E-state index contributed by atoms with van der Waals surface area (Å²) < 4.78 is 0. The van der Waals surface area contributed by atoms with Gasteiger partial charge in [0.05, 0.1) is 0 Å². The molecule has 1 amide bonds. The second-order valence-electron chi connectivity index (χ2n) is 5.86. The van der Waals surface area contributed by atoms with Gasteiger partial charge in [0.15, 0.2) is 0 Å². The van der Waals surface area contributed by atoms with E-state index in [1.54, 1.807) is 0 Å². The van der Waals surface area contributed by atoms with E-state index in [4.69, 9.17) is 5.73 Å². The lowest BCUT2D eigenvalue weighted by molar-refractivity contribution is -0.294. The van der Waals surface area contributed by atoms with Crippen LogP contribution in [0.25, 0.3) is 0 Å². The van der Waals surface area contributed by atoms with Crippen LogP contribution in [-0.4, -0.2) is 22.0 Å². The molecule has 0 saturated carbocycles. The molecule has 1 fully saturated rings. The van der Waals surface area contributed by atoms with Crippen molar-refractivity contribution in [1.82, 2.24) is 5.06 Å². The standard InChI is InChI=1S/C11H21N2O2/c1-10(2)6-8(5-9(12)14)7-11(3,4)13(10)15/h8H,5-7H2,1-4H3,(H2,12,14). The van der Waals surface area contributed by atoms with Gasteiger partial charge in [-0.25, -0.2) is 0 Å². The third-order valence-corrected chi connectivity index (χ3v) is 3.17. The number of carbonyl (C=O) groups is 1. The Labute approximate surface area is 91.4 Å². The van der Waals surface area contributed by atoms with Gasteiger partial charge in [-0.2, -0.15) is 0 Å². The van der Waals surface area contributed by atoms with Crippen molar-refractivity contribution < 1.29 is 10.0 Å². The van der Waals surface area contributed by atoms with Crippen LogP contribution in [0.1, 0.15) is 47.0 Å². The zero-order valence-electron chi connectivity index (χ0n) is 10.0. The zero-order chi connectivity index (χ0) is 11.9. The number of carbonyl (C=O) groups excluding carboxylic acids is 1. The molecule has 0 aromatic heterocycles. The molecular formula is C11H21N2O2. The molecular weight excluding hydrogens is 192 g/mol. The van der Waals surface area contributed by atoms with Crippen molar-refractivity contribution in [3.05, 3.63) is 0 Å². The van der Waals surface area contributed by atoms with E-state index >= 15 is 0 Å². The molecule has 4 heteroatoms. The van der Waals surface area contributed by atoms with E-state index in [1.807, 2.05) is 27.7 Å². The molecule has 0 aliphatic carbocycles. The number of hydrogen-bond acceptors (Lipinski definition) is 2. The summed E-state index contributed by atoms with van der Waals surface area (Å²) >= 11 is 0. The first kappa shape index (κ1) is 12.5. The van der Waals surface area contributed by atoms with Crippen LogP contribution in [0.3, 0.4) is 0 Å². The third-order valence-electron chi connectivity index (χ3n) is 3.17. The monoisotopic (exact) mass is 213 g/mol. The number of piperidine rings is 1. The Hall–Kier alpha value is -0.610. The molecule has 2 N–H and O–H groups in total. The predicted octanol–water partition coefficient (Wildman–Crippen LogP) is 1.48. The molecule has 15 heavy (non-hydrogen) atoms. The highest BCUT2D eigenvalue weighted by molar-refractivity contribution is 5.74. The number of primary amides is 1. The molecule has 1 heterocycles. The van der Waals surface area contributed by atoms with Crippen LogP contribution < -0.4 is 5.73 Å². The Morgan fingerprint density at radius 1 is 1.27 bits per heavy atom. The summed E-state index contributed by atoms with van der Waals surface area (Å²) in [6.45, 7) is 7.70. The van der Waals surface area contributed by atoms with Gasteiger partial charge >= 0.3 is 0 Å². The summed E-state index contributed by atoms with van der Waals surface area (Å²) in [6, 6.07) is 0. The third kappa shape index (κ3) is 2.69. The first-order valence-corrected chi connectivity index (χ1v) is 5.41. The molecule has 1 radical (unpaired) electrons. The number of rotatable bonds is 2. The highest BCUT2D eigenvalue weighted by Gasteiger charge is 2.46. The number of hydrogen-bond donors (Lipinski definition) is 1. The SMILES string of the molecule is CC1(C)CC(CC(N)=O)CC(C)(C)N1[O]. The van der Waals surface area contributed by atoms with E-state index in [-0.39, 0.29) is 11.8 Å². The Bertz CT molecular complexity index is 243. The molecule has 1 rings (SSSR count). The second-order valence-corrected chi connectivity index (χ2v) is 5.86. The number of amides is 1. The van der Waals surface area contributed by atoms with Crippen molar-refractivity contribution in [2.75, 3.05) is 0 Å². The van der Waals surface area contributed by atoms with Gasteiger partial charge in [0, 0.05) is 17.5 Å². The van der Waals surface area contributed by atoms with Crippen molar-refractivity contribution in [2.24, 2.45) is 11.7 Å². The average Bonchev–Trinajstić information content (AvgIpc) is 1.97. The molecule has 1 saturated heterocycles. The highest BCUT2D eigenvalue weighted by atomic mass is 16.5. The van der Waals surface area contributed by atoms with Crippen LogP contribution in [0, 0.1) is 5.92 Å². The highest BCUT2D eigenvalue weighted by Crippen LogP contribution is 2.41. The molecule has 1 aliphatic heterocycles. The molecule has 0 bridgehead atoms. The first-order chi connectivity index (χ1) is 6.65. The number of hydroxylamine groups is 2. The van der Waals surface area contributed by atoms with Gasteiger partial charge in [0.2, 0.25) is 5.91 Å². The van der Waals surface area contributed by atoms with Gasteiger partial charge in [-0.05, 0) is 46.5 Å². The average molecular weight is 213 g/mol. The van der Waals surface area contributed by atoms with Crippen molar-refractivity contribution in [2.45, 2.75) is 58.0 Å². The van der Waals surface area contributed by atoms with Crippen LogP contribution in [0.2, 0.25) is 0 Å². The summed E-state index contributed by atoms with van der Waals surface area (Å²) in [6.07, 6.45) is 1.87. The van der Waals surface area contributed by atoms with Gasteiger partial charge < -0.3 is 5.73 Å². The van der Waals surface area contributed by atoms with Crippen LogP contribution in [-0.2, 0) is 10.0 Å². The first-order valence-electron chi connectivity index (χ1n) is 5.41. The Balaban J connectivity index is 2.79. The predicted molar refractivity (Wildman–Crippen MR) is 57.2 cm³/mol. The van der Waals surface area contributed by atoms with Crippen LogP contribution >= 0.6 is 0 Å². The molecule has 0 atom stereocenters. The van der Waals surface area contributed by atoms with Crippen molar-refractivity contribution in [1.29, 1.82) is 0 Å². The van der Waals surface area contributed by atoms with Gasteiger partial charge in [-0.3, -0.25) is 4.79 Å². The normalized spacial score (nSPS) is 26.5. The second kappa shape index (κ2) is 3.76. The van der Waals surface area contributed by atoms with Crippen molar-refractivity contribution >= 4 is 5.91 Å². The summed E-state index contributed by atoms with van der Waals surface area (Å²) in [7, 11) is 0. The van der Waals surface area contributed by atoms with E-state index in [2.05, 4.69) is 0 Å². The molecule has 1 aliphatic rings. The number of nitrogens with two attached hydrogens (primary N) is 1. The largest absolute Gasteiger partial charge is 0.370 e. The van der Waals surface area contributed by atoms with Crippen molar-refractivity contribution in [3.63, 3.8) is 0 Å². The fraction of sp³-hybridized carbons (Fsp3) is 0.909. The van der Waals surface area contributed by atoms with E-state index in [0.29, 0.717) is 6.42 Å². The van der Waals surface area contributed by atoms with Crippen LogP contribution in [0.4, 0.5) is 0 Å². The maximum absolute atomic E-state index is 12.0. The Morgan fingerprint density at radius 3 is 2.00 bits per heavy atom. The van der Waals surface area contributed by atoms with Crippen molar-refractivity contribution in [3.8, 4) is 0 Å². The zero-order valence-corrected chi connectivity index (χ0v) is 10.0. The van der Waals surface area contributed by atoms with E-state index < -0.39 is 11.1 Å². The molecule has 87 valence electrons. The topological polar surface area (TPSA) is 66.2 Å². The smallest absolute Gasteiger partial charge is 0.217 e. The van der Waals surface area contributed by atoms with Gasteiger partial charge in [-0.1, -0.05) is 0 Å². The van der Waals surface area contributed by atoms with Crippen LogP contribution in [0.15, 0.2) is 0 Å². The summed E-state index contributed by atoms with van der Waals surface area (Å²) in [5.41, 5.74) is 4.40. The Morgan fingerprint density at radius 2 is 1.67 bits per heavy atom. The lowest BCUT2D eigenvalue weighted by Gasteiger charge is -2.49. The fourth-order valence-corrected chi connectivity index (χ4v) is 2.90. The van der Waals surface area contributed by atoms with E-state index in [0.717, 1.165) is 17.9 Å². The summed E-state index contributed by atoms with van der Waals surface area (Å²) in [5.74, 6) is -0.0383. The lowest BCUT2D eigenvalue weighted by atomic mass is 9.74. The molecule has 4 nitrogen and oxygen atoms in total. The van der Waals surface area contributed by atoms with Gasteiger partial charge in [-0.15, -0.1) is 10.3 Å². The summed E-state index contributed by atoms with van der Waals surface area (Å²) in [4.78, 5) is 10.9. The molecule has 0 aromatic rings. The molecule has 0 spiro atoms. The molecule has 0 aromatic carbocycles. The van der Waals surface area contributed by atoms with E-state index in [9.17, 15) is 10.0 Å². The van der Waals surface area contributed by atoms with Gasteiger partial charge in [0.25, 0.3) is 0 Å². The van der Waals surface area contributed by atoms with Gasteiger partial charge in [0.1, 0.15) is 0 Å². The van der Waals surface area contributed by atoms with Crippen LogP contribution in [0.5, 0.6) is 0 Å². The minimum Gasteiger partial charge on any atom is -0.370 e. The number of nitrogens with zero attached hydrogens (tertiary/aromatic N) is 1. The minimum absolute atomic E-state index is 0.234. The fourth-order valence-electron chi connectivity index (χ4n) is 2.90.